The van der Waals surface area contributed by atoms with E-state index in [1.54, 1.807) is 48.5 Å². The van der Waals surface area contributed by atoms with Crippen molar-refractivity contribution in [2.24, 2.45) is 17.8 Å². The van der Waals surface area contributed by atoms with E-state index in [1.807, 2.05) is 0 Å². The van der Waals surface area contributed by atoms with E-state index in [4.69, 9.17) is 14.2 Å². The molecule has 9 rings (SSSR count). The number of amides is 3. The molecule has 3 N–H and O–H groups in total. The first-order valence-corrected chi connectivity index (χ1v) is 27.0. The number of benzene rings is 6. The van der Waals surface area contributed by atoms with Crippen LogP contribution in [-0.2, 0) is 120 Å². The van der Waals surface area contributed by atoms with Gasteiger partial charge < -0.3 is 44.3 Å². The number of halogens is 9. The second-order valence-electron chi connectivity index (χ2n) is 20.9. The number of hydrogen-bond donors (Lipinski definition) is 3. The van der Waals surface area contributed by atoms with Crippen LogP contribution in [0.1, 0.15) is 86.0 Å². The van der Waals surface area contributed by atoms with Gasteiger partial charge in [0.15, 0.2) is 0 Å². The molecule has 3 amide bonds. The predicted octanol–water partition coefficient (Wildman–Crippen LogP) is 11.0. The summed E-state index contributed by atoms with van der Waals surface area (Å²) < 4.78 is 136. The zero-order chi connectivity index (χ0) is 63.4. The molecule has 3 atom stereocenters. The van der Waals surface area contributed by atoms with Gasteiger partial charge in [0.05, 0.1) is 75.0 Å². The minimum absolute atomic E-state index is 0.0100. The van der Waals surface area contributed by atoms with Gasteiger partial charge in [0, 0.05) is 32.7 Å². The van der Waals surface area contributed by atoms with Crippen LogP contribution in [0.3, 0.4) is 0 Å². The van der Waals surface area contributed by atoms with Crippen LogP contribution in [0.15, 0.2) is 127 Å². The van der Waals surface area contributed by atoms with E-state index in [9.17, 15) is 78.5 Å². The molecule has 87 heavy (non-hydrogen) atoms. The number of methoxy groups -OCH3 is 3. The van der Waals surface area contributed by atoms with Gasteiger partial charge in [-0.1, -0.05) is 54.6 Å². The topological polar surface area (TPSA) is 198 Å². The summed E-state index contributed by atoms with van der Waals surface area (Å²) in [5.74, 6) is -3.40. The Kier molecular flexibility index (Phi) is 21.4. The summed E-state index contributed by atoms with van der Waals surface area (Å²) in [6.07, 6.45) is -12.5. The maximum absolute atomic E-state index is 13.4. The smallest absolute Gasteiger partial charge is 0.416 e. The highest BCUT2D eigenvalue weighted by atomic mass is 19.4. The average Bonchev–Trinajstić information content (AvgIpc) is 2.41. The number of alkyl halides is 9. The van der Waals surface area contributed by atoms with Crippen molar-refractivity contribution < 1.29 is 97.4 Å². The Balaban J connectivity index is 0.000000201. The first-order chi connectivity index (χ1) is 41.1. The fourth-order valence-corrected chi connectivity index (χ4v) is 10.0. The molecular formula is C63H60F9N3O12. The highest BCUT2D eigenvalue weighted by Crippen LogP contribution is 2.35. The molecule has 0 saturated carbocycles. The van der Waals surface area contributed by atoms with Gasteiger partial charge in [0.25, 0.3) is 0 Å². The number of hydrogen-bond acceptors (Lipinski definition) is 12. The number of rotatable bonds is 13. The van der Waals surface area contributed by atoms with E-state index >= 15 is 0 Å². The lowest BCUT2D eigenvalue weighted by Gasteiger charge is -2.24. The molecule has 462 valence electrons. The molecule has 6 aromatic rings. The van der Waals surface area contributed by atoms with Crippen LogP contribution in [0.5, 0.6) is 17.2 Å². The van der Waals surface area contributed by atoms with Crippen molar-refractivity contribution in [1.29, 1.82) is 0 Å². The molecule has 0 bridgehead atoms. The van der Waals surface area contributed by atoms with E-state index in [1.165, 1.54) is 73.6 Å². The Morgan fingerprint density at radius 2 is 0.828 bits per heavy atom. The fraction of sp³-hybridized carbons (Fsp3) is 0.333. The van der Waals surface area contributed by atoms with Gasteiger partial charge in [0.1, 0.15) is 23.9 Å². The van der Waals surface area contributed by atoms with Crippen molar-refractivity contribution in [2.75, 3.05) is 21.3 Å². The summed E-state index contributed by atoms with van der Waals surface area (Å²) in [5.41, 5.74) is 4.15. The Labute approximate surface area is 493 Å². The molecule has 24 heteroatoms. The van der Waals surface area contributed by atoms with Gasteiger partial charge in [0.2, 0.25) is 17.7 Å². The predicted molar refractivity (Wildman–Crippen MR) is 293 cm³/mol. The molecule has 0 spiro atoms. The molecule has 6 aromatic carbocycles. The largest absolute Gasteiger partial charge is 0.508 e. The molecule has 0 radical (unpaired) electrons. The Hall–Kier alpha value is -9.09. The minimum atomic E-state index is -4.49. The Bertz CT molecular complexity index is 3430. The molecule has 3 aliphatic rings. The zero-order valence-corrected chi connectivity index (χ0v) is 47.1. The second kappa shape index (κ2) is 28.4. The number of esters is 3. The lowest BCUT2D eigenvalue weighted by molar-refractivity contribution is -0.147. The summed E-state index contributed by atoms with van der Waals surface area (Å²) in [6.45, 7) is 0.788. The minimum Gasteiger partial charge on any atom is -0.508 e. The van der Waals surface area contributed by atoms with E-state index in [-0.39, 0.29) is 87.7 Å². The summed E-state index contributed by atoms with van der Waals surface area (Å²) in [6, 6.07) is 28.7. The van der Waals surface area contributed by atoms with Crippen molar-refractivity contribution in [3.05, 3.63) is 194 Å². The number of fused-ring (bicyclic) bond motifs is 3. The summed E-state index contributed by atoms with van der Waals surface area (Å²) in [5, 5.41) is 22.0. The maximum Gasteiger partial charge on any atom is 0.416 e. The number of carbonyl (C=O) groups is 6. The third-order valence-electron chi connectivity index (χ3n) is 14.7. The normalized spacial score (nSPS) is 16.7. The molecule has 0 aliphatic carbocycles. The van der Waals surface area contributed by atoms with Gasteiger partial charge >= 0.3 is 36.4 Å². The lowest BCUT2D eigenvalue weighted by atomic mass is 9.94. The molecule has 15 nitrogen and oxygen atoms in total. The lowest BCUT2D eigenvalue weighted by Crippen LogP contribution is -2.35. The second-order valence-corrected chi connectivity index (χ2v) is 20.9. The van der Waals surface area contributed by atoms with Crippen LogP contribution in [0.4, 0.5) is 39.5 Å². The number of nitrogens with one attached hydrogen (secondary N) is 1. The van der Waals surface area contributed by atoms with Gasteiger partial charge in [-0.25, -0.2) is 0 Å². The van der Waals surface area contributed by atoms with Crippen LogP contribution < -0.4 is 10.1 Å². The number of aromatic hydroxyl groups is 2. The van der Waals surface area contributed by atoms with Gasteiger partial charge in [-0.15, -0.1) is 0 Å². The average molecular weight is 1220 g/mol. The monoisotopic (exact) mass is 1220 g/mol. The van der Waals surface area contributed by atoms with Crippen molar-refractivity contribution in [1.82, 2.24) is 15.1 Å². The van der Waals surface area contributed by atoms with Gasteiger partial charge in [-0.3, -0.25) is 28.8 Å². The number of phenolic OH excluding ortho intramolecular Hbond substituents is 2. The molecule has 0 saturated heterocycles. The highest BCUT2D eigenvalue weighted by molar-refractivity contribution is 5.86. The Morgan fingerprint density at radius 3 is 1.24 bits per heavy atom. The number of carbonyl (C=O) groups excluding carboxylic acids is 6. The molecule has 0 aromatic heterocycles. The standard InChI is InChI=1S/C29H25F6NO4.C21H20F3NO4.C13H15NO4/c1-39-26(37)14-21-12-20-6-11-25(40-17-19-4-9-24(10-5-19)29(33,34)35)13-22(20)16-36(27(21)38)15-18-2-7-23(8-3-18)28(30,31)32;1-29-19(27)10-15-8-14-4-7-18(26)9-16(14)12-25(20(15)28)11-13-2-5-17(6-3-13)21(22,23)24;1-18-12(16)6-9-4-8-2-3-11(15)5-10(8)7-14-13(9)17/h2-11,13,21H,12,14-17H2,1H3;2-7,9,15,26H,8,10-12H2,1H3;2-3,5,9,15H,4,6-7H2,1H3,(H,14,17)/t21-;15-;9-/m000/s1. The summed E-state index contributed by atoms with van der Waals surface area (Å²) >= 11 is 0. The number of ether oxygens (including phenoxy) is 4. The zero-order valence-electron chi connectivity index (χ0n) is 47.1. The number of phenols is 2. The van der Waals surface area contributed by atoms with Crippen molar-refractivity contribution in [2.45, 2.75) is 96.4 Å². The number of nitrogens with zero attached hydrogens (tertiary/aromatic N) is 2. The van der Waals surface area contributed by atoms with Crippen LogP contribution in [0.2, 0.25) is 0 Å². The van der Waals surface area contributed by atoms with E-state index in [0.29, 0.717) is 41.8 Å². The highest BCUT2D eigenvalue weighted by Gasteiger charge is 2.36. The first kappa shape index (κ1) is 65.5. The third-order valence-corrected chi connectivity index (χ3v) is 14.7. The van der Waals surface area contributed by atoms with Crippen molar-refractivity contribution >= 4 is 35.6 Å². The molecule has 0 unspecified atom stereocenters. The molecule has 0 fully saturated rings. The molecule has 3 aliphatic heterocycles. The van der Waals surface area contributed by atoms with E-state index < -0.39 is 70.9 Å². The van der Waals surface area contributed by atoms with Gasteiger partial charge in [-0.2, -0.15) is 39.5 Å². The maximum atomic E-state index is 13.4. The van der Waals surface area contributed by atoms with Crippen LogP contribution in [0.25, 0.3) is 0 Å². The van der Waals surface area contributed by atoms with Crippen molar-refractivity contribution in [3.8, 4) is 17.2 Å². The quantitative estimate of drug-likeness (QED) is 0.0563. The van der Waals surface area contributed by atoms with Crippen LogP contribution >= 0.6 is 0 Å². The first-order valence-electron chi connectivity index (χ1n) is 27.0. The summed E-state index contributed by atoms with van der Waals surface area (Å²) in [4.78, 5) is 76.3. The SMILES string of the molecule is COC(=O)C[C@@H]1Cc2ccc(O)cc2CN(Cc2ccc(C(F)(F)F)cc2)C1=O.COC(=O)C[C@@H]1Cc2ccc(O)cc2CNC1=O.COC(=O)C[C@@H]1Cc2ccc(OCc3ccc(C(F)(F)F)cc3)cc2CN(Cc2ccc(C(F)(F)F)cc2)C1=O. The Morgan fingerprint density at radius 1 is 0.471 bits per heavy atom. The molecular weight excluding hydrogens is 1160 g/mol. The van der Waals surface area contributed by atoms with Crippen molar-refractivity contribution in [3.63, 3.8) is 0 Å². The van der Waals surface area contributed by atoms with Crippen LogP contribution in [0, 0.1) is 17.8 Å². The fourth-order valence-electron chi connectivity index (χ4n) is 10.0. The van der Waals surface area contributed by atoms with Crippen LogP contribution in [-0.4, -0.2) is 77.0 Å². The third kappa shape index (κ3) is 18.2. The van der Waals surface area contributed by atoms with Gasteiger partial charge in [-0.05, 0) is 142 Å². The van der Waals surface area contributed by atoms with E-state index in [2.05, 4.69) is 10.1 Å². The molecule has 3 heterocycles. The summed E-state index contributed by atoms with van der Waals surface area (Å²) in [7, 11) is 3.77. The van der Waals surface area contributed by atoms with E-state index in [0.717, 1.165) is 69.8 Å².